The van der Waals surface area contributed by atoms with Gasteiger partial charge in [-0.05, 0) is 30.5 Å². The lowest BCUT2D eigenvalue weighted by Crippen LogP contribution is -2.25. The van der Waals surface area contributed by atoms with Crippen molar-refractivity contribution in [2.24, 2.45) is 0 Å². The molecule has 5 heteroatoms. The average Bonchev–Trinajstić information content (AvgIpc) is 3.05. The van der Waals surface area contributed by atoms with Crippen LogP contribution in [0, 0.1) is 13.8 Å². The van der Waals surface area contributed by atoms with Crippen LogP contribution in [0.5, 0.6) is 0 Å². The Balaban J connectivity index is 2.17. The van der Waals surface area contributed by atoms with E-state index in [1.165, 1.54) is 12.1 Å². The second-order valence-corrected chi connectivity index (χ2v) is 4.55. The molecule has 0 radical (unpaired) electrons. The molecule has 2 atom stereocenters. The van der Waals surface area contributed by atoms with Crippen molar-refractivity contribution in [2.45, 2.75) is 32.2 Å². The van der Waals surface area contributed by atoms with E-state index in [2.05, 4.69) is 0 Å². The Morgan fingerprint density at radius 3 is 2.50 bits per heavy atom. The fourth-order valence-electron chi connectivity index (χ4n) is 1.68. The molecule has 1 heterocycles. The zero-order chi connectivity index (χ0) is 13.3. The van der Waals surface area contributed by atoms with Gasteiger partial charge in [-0.1, -0.05) is 18.2 Å². The van der Waals surface area contributed by atoms with Crippen molar-refractivity contribution < 1.29 is 22.6 Å². The van der Waals surface area contributed by atoms with Crippen molar-refractivity contribution >= 4 is 0 Å². The van der Waals surface area contributed by atoms with Crippen molar-refractivity contribution in [1.82, 2.24) is 0 Å². The van der Waals surface area contributed by atoms with Crippen LogP contribution in [0.1, 0.15) is 22.8 Å². The summed E-state index contributed by atoms with van der Waals surface area (Å²) in [5.74, 6) is 0. The van der Waals surface area contributed by atoms with E-state index in [1.54, 1.807) is 13.0 Å². The molecule has 1 fully saturated rings. The highest BCUT2D eigenvalue weighted by Gasteiger charge is 2.43. The second kappa shape index (κ2) is 4.90. The fraction of sp³-hybridized carbons (Fsp3) is 0.538. The van der Waals surface area contributed by atoms with Gasteiger partial charge < -0.3 is 9.47 Å². The van der Waals surface area contributed by atoms with Gasteiger partial charge in [0, 0.05) is 0 Å². The molecule has 2 nitrogen and oxygen atoms in total. The summed E-state index contributed by atoms with van der Waals surface area (Å²) in [6, 6.07) is 4.68. The van der Waals surface area contributed by atoms with Gasteiger partial charge in [-0.2, -0.15) is 13.2 Å². The summed E-state index contributed by atoms with van der Waals surface area (Å²) in [6.07, 6.45) is -6.46. The summed E-state index contributed by atoms with van der Waals surface area (Å²) in [6.45, 7) is 4.12. The Hall–Kier alpha value is -1.07. The minimum atomic E-state index is -4.41. The van der Waals surface area contributed by atoms with Gasteiger partial charge in [-0.25, -0.2) is 0 Å². The molecule has 100 valence electrons. The number of ether oxygens (including phenoxy) is 2. The first-order valence-corrected chi connectivity index (χ1v) is 5.75. The topological polar surface area (TPSA) is 21.8 Å². The van der Waals surface area contributed by atoms with Crippen molar-refractivity contribution in [2.75, 3.05) is 13.2 Å². The normalized spacial score (nSPS) is 20.8. The highest BCUT2D eigenvalue weighted by atomic mass is 19.4. The van der Waals surface area contributed by atoms with Gasteiger partial charge in [0.15, 0.2) is 6.10 Å². The molecule has 0 saturated carbocycles. The molecule has 1 aromatic rings. The van der Waals surface area contributed by atoms with E-state index in [0.29, 0.717) is 6.61 Å². The Bertz CT molecular complexity index is 425. The first-order chi connectivity index (χ1) is 8.38. The van der Waals surface area contributed by atoms with Gasteiger partial charge in [-0.15, -0.1) is 0 Å². The Morgan fingerprint density at radius 1 is 1.33 bits per heavy atom. The van der Waals surface area contributed by atoms with Crippen molar-refractivity contribution in [3.8, 4) is 0 Å². The van der Waals surface area contributed by atoms with Gasteiger partial charge in [0.05, 0.1) is 13.2 Å². The lowest BCUT2D eigenvalue weighted by atomic mass is 10.0. The standard InChI is InChI=1S/C13H15F3O2/c1-8-3-4-10(5-9(8)2)12(13(14,15)16)18-7-11-6-17-11/h3-5,11-12H,6-7H2,1-2H3/t11-,12+/m0/s1. The highest BCUT2D eigenvalue weighted by Crippen LogP contribution is 2.37. The zero-order valence-electron chi connectivity index (χ0n) is 10.3. The average molecular weight is 260 g/mol. The molecule has 0 spiro atoms. The number of hydrogen-bond donors (Lipinski definition) is 0. The number of halogens is 3. The molecule has 1 aliphatic rings. The third-order valence-electron chi connectivity index (χ3n) is 2.98. The molecule has 1 aliphatic heterocycles. The number of epoxide rings is 1. The SMILES string of the molecule is Cc1ccc([C@@H](OC[C@@H]2CO2)C(F)(F)F)cc1C. The monoisotopic (exact) mass is 260 g/mol. The lowest BCUT2D eigenvalue weighted by Gasteiger charge is -2.21. The van der Waals surface area contributed by atoms with Gasteiger partial charge in [0.25, 0.3) is 0 Å². The maximum Gasteiger partial charge on any atom is 0.418 e. The first-order valence-electron chi connectivity index (χ1n) is 5.75. The molecule has 0 aliphatic carbocycles. The van der Waals surface area contributed by atoms with Crippen molar-refractivity contribution in [3.05, 3.63) is 34.9 Å². The van der Waals surface area contributed by atoms with E-state index >= 15 is 0 Å². The van der Waals surface area contributed by atoms with Gasteiger partial charge in [0.2, 0.25) is 0 Å². The Labute approximate surface area is 104 Å². The smallest absolute Gasteiger partial charge is 0.371 e. The fourth-order valence-corrected chi connectivity index (χ4v) is 1.68. The third-order valence-corrected chi connectivity index (χ3v) is 2.98. The van der Waals surface area contributed by atoms with Crippen LogP contribution in [-0.4, -0.2) is 25.5 Å². The van der Waals surface area contributed by atoms with E-state index in [4.69, 9.17) is 9.47 Å². The van der Waals surface area contributed by atoms with Gasteiger partial charge in [0.1, 0.15) is 6.10 Å². The summed E-state index contributed by atoms with van der Waals surface area (Å²) >= 11 is 0. The Kier molecular flexibility index (Phi) is 3.64. The third kappa shape index (κ3) is 3.23. The van der Waals surface area contributed by atoms with E-state index in [1.807, 2.05) is 6.92 Å². The lowest BCUT2D eigenvalue weighted by molar-refractivity contribution is -0.224. The predicted molar refractivity (Wildman–Crippen MR) is 60.4 cm³/mol. The van der Waals surface area contributed by atoms with Gasteiger partial charge in [-0.3, -0.25) is 0 Å². The molecule has 18 heavy (non-hydrogen) atoms. The zero-order valence-corrected chi connectivity index (χ0v) is 10.3. The van der Waals surface area contributed by atoms with Crippen LogP contribution in [0.25, 0.3) is 0 Å². The molecule has 0 bridgehead atoms. The van der Waals surface area contributed by atoms with Crippen LogP contribution in [0.3, 0.4) is 0 Å². The van der Waals surface area contributed by atoms with Crippen LogP contribution in [0.4, 0.5) is 13.2 Å². The van der Waals surface area contributed by atoms with Crippen molar-refractivity contribution in [3.63, 3.8) is 0 Å². The summed E-state index contributed by atoms with van der Waals surface area (Å²) in [7, 11) is 0. The summed E-state index contributed by atoms with van der Waals surface area (Å²) in [5, 5.41) is 0. The van der Waals surface area contributed by atoms with Crippen LogP contribution in [-0.2, 0) is 9.47 Å². The number of benzene rings is 1. The van der Waals surface area contributed by atoms with E-state index in [-0.39, 0.29) is 18.3 Å². The highest BCUT2D eigenvalue weighted by molar-refractivity contribution is 5.31. The number of rotatable bonds is 4. The molecule has 0 N–H and O–H groups in total. The van der Waals surface area contributed by atoms with E-state index in [9.17, 15) is 13.2 Å². The molecule has 2 rings (SSSR count). The first kappa shape index (κ1) is 13.4. The molecule has 1 saturated heterocycles. The quantitative estimate of drug-likeness (QED) is 0.775. The minimum Gasteiger partial charge on any atom is -0.371 e. The van der Waals surface area contributed by atoms with Crippen molar-refractivity contribution in [1.29, 1.82) is 0 Å². The van der Waals surface area contributed by atoms with E-state index in [0.717, 1.165) is 11.1 Å². The van der Waals surface area contributed by atoms with E-state index < -0.39 is 12.3 Å². The number of aryl methyl sites for hydroxylation is 2. The molecule has 1 aromatic carbocycles. The molecule has 0 aromatic heterocycles. The maximum atomic E-state index is 12.9. The summed E-state index contributed by atoms with van der Waals surface area (Å²) in [5.41, 5.74) is 1.93. The molecule has 0 amide bonds. The van der Waals surface area contributed by atoms with Gasteiger partial charge >= 0.3 is 6.18 Å². The number of hydrogen-bond acceptors (Lipinski definition) is 2. The molecular weight excluding hydrogens is 245 g/mol. The summed E-state index contributed by atoms with van der Waals surface area (Å²) < 4.78 is 48.6. The van der Waals surface area contributed by atoms with Crippen LogP contribution >= 0.6 is 0 Å². The summed E-state index contributed by atoms with van der Waals surface area (Å²) in [4.78, 5) is 0. The Morgan fingerprint density at radius 2 is 2.00 bits per heavy atom. The maximum absolute atomic E-state index is 12.9. The van der Waals surface area contributed by atoms with Crippen LogP contribution < -0.4 is 0 Å². The van der Waals surface area contributed by atoms with Crippen LogP contribution in [0.2, 0.25) is 0 Å². The predicted octanol–water partition coefficient (Wildman–Crippen LogP) is 3.32. The second-order valence-electron chi connectivity index (χ2n) is 4.55. The molecular formula is C13H15F3O2. The number of alkyl halides is 3. The largest absolute Gasteiger partial charge is 0.418 e. The van der Waals surface area contributed by atoms with Crippen LogP contribution in [0.15, 0.2) is 18.2 Å². The minimum absolute atomic E-state index is 0.0168. The molecule has 0 unspecified atom stereocenters.